The van der Waals surface area contributed by atoms with Crippen LogP contribution >= 0.6 is 0 Å². The first kappa shape index (κ1) is 12.9. The first-order valence-electron chi connectivity index (χ1n) is 4.60. The Kier molecular flexibility index (Phi) is 4.26. The van der Waals surface area contributed by atoms with Gasteiger partial charge in [-0.2, -0.15) is 0 Å². The second-order valence-electron chi connectivity index (χ2n) is 3.33. The Morgan fingerprint density at radius 3 is 2.38 bits per heavy atom. The highest BCUT2D eigenvalue weighted by Gasteiger charge is 2.19. The minimum atomic E-state index is -2.89. The standard InChI is InChI=1S/C10H11F4NO/c11-7-4-5(10(13)14)3-6(9(7)12)8(15)1-2-16/h3-4,8,10,16H,1-2,15H2. The average Bonchev–Trinajstić information content (AvgIpc) is 2.21. The highest BCUT2D eigenvalue weighted by molar-refractivity contribution is 5.29. The van der Waals surface area contributed by atoms with E-state index in [1.54, 1.807) is 0 Å². The van der Waals surface area contributed by atoms with Gasteiger partial charge in [-0.3, -0.25) is 0 Å². The molecule has 90 valence electrons. The summed E-state index contributed by atoms with van der Waals surface area (Å²) in [5.74, 6) is -2.61. The third-order valence-corrected chi connectivity index (χ3v) is 2.17. The van der Waals surface area contributed by atoms with E-state index < -0.39 is 29.7 Å². The van der Waals surface area contributed by atoms with Crippen molar-refractivity contribution in [2.45, 2.75) is 18.9 Å². The van der Waals surface area contributed by atoms with Crippen LogP contribution in [0.5, 0.6) is 0 Å². The van der Waals surface area contributed by atoms with Crippen LogP contribution in [0.3, 0.4) is 0 Å². The number of hydrogen-bond donors (Lipinski definition) is 2. The predicted molar refractivity (Wildman–Crippen MR) is 49.9 cm³/mol. The summed E-state index contributed by atoms with van der Waals surface area (Å²) in [6, 6.07) is 0.261. The van der Waals surface area contributed by atoms with Gasteiger partial charge in [-0.15, -0.1) is 0 Å². The lowest BCUT2D eigenvalue weighted by atomic mass is 10.0. The lowest BCUT2D eigenvalue weighted by Crippen LogP contribution is -2.15. The summed E-state index contributed by atoms with van der Waals surface area (Å²) < 4.78 is 50.9. The molecule has 0 saturated heterocycles. The minimum Gasteiger partial charge on any atom is -0.396 e. The second-order valence-corrected chi connectivity index (χ2v) is 3.33. The van der Waals surface area contributed by atoms with Crippen molar-refractivity contribution in [1.82, 2.24) is 0 Å². The Balaban J connectivity index is 3.16. The fourth-order valence-electron chi connectivity index (χ4n) is 1.32. The molecule has 0 heterocycles. The molecule has 0 amide bonds. The summed E-state index contributed by atoms with van der Waals surface area (Å²) in [6.07, 6.45) is -2.92. The van der Waals surface area contributed by atoms with E-state index in [2.05, 4.69) is 0 Å². The van der Waals surface area contributed by atoms with Crippen LogP contribution in [0.1, 0.15) is 30.0 Å². The molecule has 1 atom stereocenters. The van der Waals surface area contributed by atoms with Gasteiger partial charge in [-0.25, -0.2) is 17.6 Å². The van der Waals surface area contributed by atoms with E-state index >= 15 is 0 Å². The van der Waals surface area contributed by atoms with Crippen LogP contribution in [-0.4, -0.2) is 11.7 Å². The molecule has 2 nitrogen and oxygen atoms in total. The van der Waals surface area contributed by atoms with Crippen LogP contribution in [-0.2, 0) is 0 Å². The van der Waals surface area contributed by atoms with Crippen LogP contribution in [0, 0.1) is 11.6 Å². The number of alkyl halides is 2. The van der Waals surface area contributed by atoms with Gasteiger partial charge >= 0.3 is 0 Å². The molecule has 0 aliphatic heterocycles. The van der Waals surface area contributed by atoms with E-state index in [1.165, 1.54) is 0 Å². The number of hydrogen-bond acceptors (Lipinski definition) is 2. The topological polar surface area (TPSA) is 46.2 Å². The molecule has 1 aromatic carbocycles. The molecule has 0 saturated carbocycles. The number of halogens is 4. The molecule has 3 N–H and O–H groups in total. The zero-order chi connectivity index (χ0) is 12.3. The first-order valence-corrected chi connectivity index (χ1v) is 4.60. The SMILES string of the molecule is NC(CCO)c1cc(C(F)F)cc(F)c1F. The maximum absolute atomic E-state index is 13.2. The van der Waals surface area contributed by atoms with Crippen molar-refractivity contribution < 1.29 is 22.7 Å². The number of nitrogens with two attached hydrogens (primary N) is 1. The fourth-order valence-corrected chi connectivity index (χ4v) is 1.32. The van der Waals surface area contributed by atoms with E-state index in [0.717, 1.165) is 6.07 Å². The van der Waals surface area contributed by atoms with Gasteiger partial charge in [0.2, 0.25) is 0 Å². The Hall–Kier alpha value is -1.14. The number of rotatable bonds is 4. The van der Waals surface area contributed by atoms with Gasteiger partial charge in [-0.1, -0.05) is 0 Å². The molecule has 0 radical (unpaired) electrons. The van der Waals surface area contributed by atoms with Crippen LogP contribution < -0.4 is 5.73 Å². The van der Waals surface area contributed by atoms with Gasteiger partial charge < -0.3 is 10.8 Å². The number of aliphatic hydroxyl groups excluding tert-OH is 1. The lowest BCUT2D eigenvalue weighted by molar-refractivity contribution is 0.150. The Morgan fingerprint density at radius 2 is 1.88 bits per heavy atom. The molecule has 1 aromatic rings. The van der Waals surface area contributed by atoms with Crippen molar-refractivity contribution in [2.24, 2.45) is 5.73 Å². The summed E-state index contributed by atoms with van der Waals surface area (Å²) in [7, 11) is 0. The third-order valence-electron chi connectivity index (χ3n) is 2.17. The van der Waals surface area contributed by atoms with E-state index in [1.807, 2.05) is 0 Å². The second kappa shape index (κ2) is 5.27. The Bertz CT molecular complexity index is 370. The van der Waals surface area contributed by atoms with Crippen molar-refractivity contribution in [2.75, 3.05) is 6.61 Å². The average molecular weight is 237 g/mol. The normalized spacial score (nSPS) is 13.2. The molecular weight excluding hydrogens is 226 g/mol. The van der Waals surface area contributed by atoms with Crippen LogP contribution in [0.15, 0.2) is 12.1 Å². The van der Waals surface area contributed by atoms with Crippen LogP contribution in [0.4, 0.5) is 17.6 Å². The molecule has 0 aromatic heterocycles. The molecule has 0 aliphatic rings. The van der Waals surface area contributed by atoms with Gasteiger partial charge in [0.25, 0.3) is 6.43 Å². The molecule has 0 aliphatic carbocycles. The van der Waals surface area contributed by atoms with Crippen LogP contribution in [0.2, 0.25) is 0 Å². The molecular formula is C10H11F4NO. The Labute approximate surface area is 89.7 Å². The summed E-state index contributed by atoms with van der Waals surface area (Å²) in [5, 5.41) is 8.59. The smallest absolute Gasteiger partial charge is 0.263 e. The first-order chi connectivity index (χ1) is 7.47. The van der Waals surface area contributed by atoms with E-state index in [-0.39, 0.29) is 18.6 Å². The van der Waals surface area contributed by atoms with Crippen molar-refractivity contribution in [3.63, 3.8) is 0 Å². The van der Waals surface area contributed by atoms with Gasteiger partial charge in [-0.05, 0) is 18.6 Å². The summed E-state index contributed by atoms with van der Waals surface area (Å²) in [4.78, 5) is 0. The highest BCUT2D eigenvalue weighted by Crippen LogP contribution is 2.27. The summed E-state index contributed by atoms with van der Waals surface area (Å²) in [5.41, 5.74) is 4.47. The summed E-state index contributed by atoms with van der Waals surface area (Å²) in [6.45, 7) is -0.332. The third kappa shape index (κ3) is 2.70. The van der Waals surface area contributed by atoms with Crippen LogP contribution in [0.25, 0.3) is 0 Å². The van der Waals surface area contributed by atoms with Crippen molar-refractivity contribution in [1.29, 1.82) is 0 Å². The largest absolute Gasteiger partial charge is 0.396 e. The lowest BCUT2D eigenvalue weighted by Gasteiger charge is -2.13. The van der Waals surface area contributed by atoms with Crippen molar-refractivity contribution in [3.05, 3.63) is 34.9 Å². The molecule has 0 spiro atoms. The van der Waals surface area contributed by atoms with Crippen molar-refractivity contribution in [3.8, 4) is 0 Å². The van der Waals surface area contributed by atoms with Gasteiger partial charge in [0.05, 0.1) is 0 Å². The van der Waals surface area contributed by atoms with E-state index in [4.69, 9.17) is 10.8 Å². The molecule has 0 fully saturated rings. The zero-order valence-corrected chi connectivity index (χ0v) is 8.26. The van der Waals surface area contributed by atoms with Gasteiger partial charge in [0, 0.05) is 23.8 Å². The molecule has 16 heavy (non-hydrogen) atoms. The zero-order valence-electron chi connectivity index (χ0n) is 8.26. The fraction of sp³-hybridized carbons (Fsp3) is 0.400. The minimum absolute atomic E-state index is 0.0248. The van der Waals surface area contributed by atoms with Crippen molar-refractivity contribution >= 4 is 0 Å². The maximum atomic E-state index is 13.2. The predicted octanol–water partition coefficient (Wildman–Crippen LogP) is 2.28. The van der Waals surface area contributed by atoms with E-state index in [0.29, 0.717) is 6.07 Å². The molecule has 1 rings (SSSR count). The summed E-state index contributed by atoms with van der Waals surface area (Å²) >= 11 is 0. The quantitative estimate of drug-likeness (QED) is 0.789. The Morgan fingerprint density at radius 1 is 1.25 bits per heavy atom. The monoisotopic (exact) mass is 237 g/mol. The van der Waals surface area contributed by atoms with Gasteiger partial charge in [0.15, 0.2) is 11.6 Å². The maximum Gasteiger partial charge on any atom is 0.263 e. The molecule has 1 unspecified atom stereocenters. The molecule has 6 heteroatoms. The van der Waals surface area contributed by atoms with Gasteiger partial charge in [0.1, 0.15) is 0 Å². The molecule has 0 bridgehead atoms. The van der Waals surface area contributed by atoms with E-state index in [9.17, 15) is 17.6 Å². The number of benzene rings is 1. The number of aliphatic hydroxyl groups is 1. The highest BCUT2D eigenvalue weighted by atomic mass is 19.3.